The maximum atomic E-state index is 12.9. The lowest BCUT2D eigenvalue weighted by atomic mass is 9.85. The highest BCUT2D eigenvalue weighted by Crippen LogP contribution is 2.33. The van der Waals surface area contributed by atoms with Gasteiger partial charge in [-0.2, -0.15) is 0 Å². The molecule has 2 aliphatic heterocycles. The summed E-state index contributed by atoms with van der Waals surface area (Å²) < 4.78 is 5.48. The van der Waals surface area contributed by atoms with Crippen LogP contribution in [0.1, 0.15) is 54.0 Å². The largest absolute Gasteiger partial charge is 0.466 e. The molecule has 0 aromatic carbocycles. The van der Waals surface area contributed by atoms with Crippen molar-refractivity contribution < 1.29 is 14.0 Å². The Bertz CT molecular complexity index is 683. The minimum absolute atomic E-state index is 0. The van der Waals surface area contributed by atoms with Gasteiger partial charge in [0, 0.05) is 32.2 Å². The van der Waals surface area contributed by atoms with Crippen LogP contribution in [-0.2, 0) is 4.79 Å². The van der Waals surface area contributed by atoms with Crippen molar-refractivity contribution in [1.82, 2.24) is 15.1 Å². The third kappa shape index (κ3) is 4.02. The van der Waals surface area contributed by atoms with E-state index in [1.54, 1.807) is 6.07 Å². The SMILES string of the molecule is Cc1cc(C(=O)N2CCN(C(=O)C3CC4CCCCC4N3)CC2)c(C)o1.Cl. The van der Waals surface area contributed by atoms with Gasteiger partial charge in [-0.25, -0.2) is 0 Å². The van der Waals surface area contributed by atoms with Gasteiger partial charge in [-0.1, -0.05) is 12.8 Å². The fourth-order valence-electron chi connectivity index (χ4n) is 4.87. The zero-order valence-corrected chi connectivity index (χ0v) is 17.0. The van der Waals surface area contributed by atoms with E-state index >= 15 is 0 Å². The van der Waals surface area contributed by atoms with Crippen LogP contribution in [0.3, 0.4) is 0 Å². The number of piperazine rings is 1. The van der Waals surface area contributed by atoms with Gasteiger partial charge in [0.15, 0.2) is 0 Å². The van der Waals surface area contributed by atoms with Crippen molar-refractivity contribution in [3.05, 3.63) is 23.2 Å². The number of aryl methyl sites for hydroxylation is 2. The Morgan fingerprint density at radius 3 is 2.37 bits per heavy atom. The molecule has 0 bridgehead atoms. The molecule has 0 radical (unpaired) electrons. The zero-order valence-electron chi connectivity index (χ0n) is 16.2. The van der Waals surface area contributed by atoms with Gasteiger partial charge in [0.2, 0.25) is 5.91 Å². The molecule has 2 saturated heterocycles. The molecule has 0 spiro atoms. The third-order valence-corrected chi connectivity index (χ3v) is 6.31. The topological polar surface area (TPSA) is 65.8 Å². The number of carbonyl (C=O) groups is 2. The number of hydrogen-bond acceptors (Lipinski definition) is 4. The molecule has 27 heavy (non-hydrogen) atoms. The van der Waals surface area contributed by atoms with Crippen LogP contribution in [-0.4, -0.2) is 59.9 Å². The number of carbonyl (C=O) groups excluding carboxylic acids is 2. The number of furan rings is 1. The summed E-state index contributed by atoms with van der Waals surface area (Å²) in [6, 6.07) is 2.32. The maximum Gasteiger partial charge on any atom is 0.257 e. The molecule has 3 fully saturated rings. The first-order valence-corrected chi connectivity index (χ1v) is 9.94. The van der Waals surface area contributed by atoms with E-state index < -0.39 is 0 Å². The summed E-state index contributed by atoms with van der Waals surface area (Å²) in [5.74, 6) is 2.34. The zero-order chi connectivity index (χ0) is 18.3. The Morgan fingerprint density at radius 2 is 1.74 bits per heavy atom. The fraction of sp³-hybridized carbons (Fsp3) is 0.700. The number of halogens is 1. The lowest BCUT2D eigenvalue weighted by Crippen LogP contribution is -2.54. The van der Waals surface area contributed by atoms with Crippen molar-refractivity contribution in [2.24, 2.45) is 5.92 Å². The van der Waals surface area contributed by atoms with Crippen LogP contribution in [0.15, 0.2) is 10.5 Å². The van der Waals surface area contributed by atoms with Gasteiger partial charge in [0.1, 0.15) is 11.5 Å². The van der Waals surface area contributed by atoms with Gasteiger partial charge in [-0.05, 0) is 45.1 Å². The first-order valence-electron chi connectivity index (χ1n) is 9.94. The lowest BCUT2D eigenvalue weighted by molar-refractivity contribution is -0.134. The molecule has 1 aromatic rings. The second kappa shape index (κ2) is 8.23. The molecule has 150 valence electrons. The minimum atomic E-state index is -0.0240. The van der Waals surface area contributed by atoms with Crippen LogP contribution < -0.4 is 5.32 Å². The number of nitrogens with zero attached hydrogens (tertiary/aromatic N) is 2. The van der Waals surface area contributed by atoms with Crippen LogP contribution in [0.5, 0.6) is 0 Å². The quantitative estimate of drug-likeness (QED) is 0.835. The van der Waals surface area contributed by atoms with Crippen molar-refractivity contribution in [3.63, 3.8) is 0 Å². The van der Waals surface area contributed by atoms with E-state index in [1.807, 2.05) is 23.6 Å². The molecule has 3 unspecified atom stereocenters. The molecule has 1 aliphatic carbocycles. The minimum Gasteiger partial charge on any atom is -0.466 e. The van der Waals surface area contributed by atoms with Crippen LogP contribution in [0.2, 0.25) is 0 Å². The van der Waals surface area contributed by atoms with E-state index in [1.165, 1.54) is 25.7 Å². The van der Waals surface area contributed by atoms with Gasteiger partial charge in [-0.3, -0.25) is 9.59 Å². The van der Waals surface area contributed by atoms with E-state index in [-0.39, 0.29) is 30.3 Å². The third-order valence-electron chi connectivity index (χ3n) is 6.31. The van der Waals surface area contributed by atoms with Gasteiger partial charge in [-0.15, -0.1) is 12.4 Å². The van der Waals surface area contributed by atoms with Crippen LogP contribution in [0.25, 0.3) is 0 Å². The Hall–Kier alpha value is -1.53. The van der Waals surface area contributed by atoms with Crippen molar-refractivity contribution in [2.45, 2.75) is 58.0 Å². The Kier molecular flexibility index (Phi) is 6.16. The number of amides is 2. The first-order chi connectivity index (χ1) is 12.5. The van der Waals surface area contributed by atoms with E-state index in [0.29, 0.717) is 49.5 Å². The highest BCUT2D eigenvalue weighted by Gasteiger charge is 2.40. The lowest BCUT2D eigenvalue weighted by Gasteiger charge is -2.36. The summed E-state index contributed by atoms with van der Waals surface area (Å²) in [4.78, 5) is 29.4. The predicted molar refractivity (Wildman–Crippen MR) is 105 cm³/mol. The van der Waals surface area contributed by atoms with Gasteiger partial charge in [0.25, 0.3) is 5.91 Å². The van der Waals surface area contributed by atoms with E-state index in [4.69, 9.17) is 4.42 Å². The molecule has 1 saturated carbocycles. The first kappa shape index (κ1) is 20.2. The van der Waals surface area contributed by atoms with Gasteiger partial charge in [0.05, 0.1) is 11.6 Å². The highest BCUT2D eigenvalue weighted by atomic mass is 35.5. The Balaban J connectivity index is 0.00000210. The summed E-state index contributed by atoms with van der Waals surface area (Å²) in [6.45, 7) is 6.10. The fourth-order valence-corrected chi connectivity index (χ4v) is 4.87. The van der Waals surface area contributed by atoms with Crippen molar-refractivity contribution in [3.8, 4) is 0 Å². The van der Waals surface area contributed by atoms with Crippen LogP contribution in [0.4, 0.5) is 0 Å². The van der Waals surface area contributed by atoms with Crippen molar-refractivity contribution in [1.29, 1.82) is 0 Å². The van der Waals surface area contributed by atoms with Gasteiger partial charge < -0.3 is 19.5 Å². The summed E-state index contributed by atoms with van der Waals surface area (Å²) in [7, 11) is 0. The summed E-state index contributed by atoms with van der Waals surface area (Å²) in [5.41, 5.74) is 0.642. The highest BCUT2D eigenvalue weighted by molar-refractivity contribution is 5.95. The van der Waals surface area contributed by atoms with Crippen LogP contribution in [0, 0.1) is 19.8 Å². The Labute approximate surface area is 167 Å². The second-order valence-corrected chi connectivity index (χ2v) is 8.05. The number of hydrogen-bond donors (Lipinski definition) is 1. The molecule has 7 heteroatoms. The summed E-state index contributed by atoms with van der Waals surface area (Å²) >= 11 is 0. The average Bonchev–Trinajstić information content (AvgIpc) is 3.23. The molecule has 3 aliphatic rings. The summed E-state index contributed by atoms with van der Waals surface area (Å²) in [6.07, 6.45) is 6.03. The molecular formula is C20H30ClN3O3. The molecular weight excluding hydrogens is 366 g/mol. The molecule has 1 aromatic heterocycles. The number of rotatable bonds is 2. The van der Waals surface area contributed by atoms with E-state index in [2.05, 4.69) is 5.32 Å². The average molecular weight is 396 g/mol. The Morgan fingerprint density at radius 1 is 1.07 bits per heavy atom. The van der Waals surface area contributed by atoms with Gasteiger partial charge >= 0.3 is 0 Å². The van der Waals surface area contributed by atoms with Crippen molar-refractivity contribution >= 4 is 24.2 Å². The molecule has 6 nitrogen and oxygen atoms in total. The van der Waals surface area contributed by atoms with E-state index in [0.717, 1.165) is 12.2 Å². The monoisotopic (exact) mass is 395 g/mol. The molecule has 4 rings (SSSR count). The normalized spacial score (nSPS) is 27.9. The standard InChI is InChI=1S/C20H29N3O3.ClH/c1-13-11-16(14(2)26-13)19(24)22-7-9-23(10-8-22)20(25)18-12-15-5-3-4-6-17(15)21-18;/h11,15,17-18,21H,3-10,12H2,1-2H3;1H. The maximum absolute atomic E-state index is 12.9. The second-order valence-electron chi connectivity index (χ2n) is 8.05. The smallest absolute Gasteiger partial charge is 0.257 e. The molecule has 3 heterocycles. The number of fused-ring (bicyclic) bond motifs is 1. The van der Waals surface area contributed by atoms with E-state index in [9.17, 15) is 9.59 Å². The van der Waals surface area contributed by atoms with Crippen LogP contribution >= 0.6 is 12.4 Å². The summed E-state index contributed by atoms with van der Waals surface area (Å²) in [5, 5.41) is 3.58. The number of nitrogens with one attached hydrogen (secondary N) is 1. The van der Waals surface area contributed by atoms with Crippen molar-refractivity contribution in [2.75, 3.05) is 26.2 Å². The molecule has 2 amide bonds. The molecule has 1 N–H and O–H groups in total. The predicted octanol–water partition coefficient (Wildman–Crippen LogP) is 2.52. The molecule has 3 atom stereocenters.